The van der Waals surface area contributed by atoms with Gasteiger partial charge in [0, 0.05) is 25.8 Å². The van der Waals surface area contributed by atoms with E-state index in [0.29, 0.717) is 5.92 Å². The Morgan fingerprint density at radius 3 is 2.39 bits per heavy atom. The fourth-order valence-corrected chi connectivity index (χ4v) is 3.53. The molecular weight excluding hydrogens is 286 g/mol. The normalized spacial score (nSPS) is 15.9. The summed E-state index contributed by atoms with van der Waals surface area (Å²) in [6.07, 6.45) is 3.28. The Morgan fingerprint density at radius 2 is 1.83 bits per heavy atom. The molecule has 122 valence electrons. The van der Waals surface area contributed by atoms with Crippen molar-refractivity contribution in [3.05, 3.63) is 52.8 Å². The zero-order chi connectivity index (χ0) is 16.4. The third kappa shape index (κ3) is 3.31. The van der Waals surface area contributed by atoms with Gasteiger partial charge in [0.15, 0.2) is 0 Å². The fraction of sp³-hybridized carbons (Fsp3) is 0.474. The Morgan fingerprint density at radius 1 is 1.17 bits per heavy atom. The molecule has 0 spiro atoms. The second kappa shape index (κ2) is 6.57. The Hall–Kier alpha value is -2.10. The molecule has 1 amide bonds. The molecule has 0 radical (unpaired) electrons. The van der Waals surface area contributed by atoms with Gasteiger partial charge in [-0.15, -0.1) is 0 Å². The molecule has 0 bridgehead atoms. The SMILES string of the molecule is Cc1nn(C)c(C)c1C(=O)N1CCC(Cc2ccccc2)CC1. The molecule has 2 heterocycles. The summed E-state index contributed by atoms with van der Waals surface area (Å²) in [4.78, 5) is 14.8. The summed E-state index contributed by atoms with van der Waals surface area (Å²) < 4.78 is 1.80. The van der Waals surface area contributed by atoms with Crippen LogP contribution < -0.4 is 0 Å². The van der Waals surface area contributed by atoms with Gasteiger partial charge < -0.3 is 4.90 Å². The highest BCUT2D eigenvalue weighted by Gasteiger charge is 2.27. The summed E-state index contributed by atoms with van der Waals surface area (Å²) >= 11 is 0. The van der Waals surface area contributed by atoms with Crippen LogP contribution >= 0.6 is 0 Å². The van der Waals surface area contributed by atoms with E-state index in [9.17, 15) is 4.79 Å². The second-order valence-corrected chi connectivity index (χ2v) is 6.59. The van der Waals surface area contributed by atoms with Crippen LogP contribution in [0.4, 0.5) is 0 Å². The van der Waals surface area contributed by atoms with E-state index in [4.69, 9.17) is 0 Å². The van der Waals surface area contributed by atoms with E-state index in [0.717, 1.165) is 49.3 Å². The Kier molecular flexibility index (Phi) is 4.51. The van der Waals surface area contributed by atoms with Gasteiger partial charge in [-0.1, -0.05) is 30.3 Å². The van der Waals surface area contributed by atoms with Crippen LogP contribution in [-0.2, 0) is 13.5 Å². The minimum absolute atomic E-state index is 0.145. The summed E-state index contributed by atoms with van der Waals surface area (Å²) in [6.45, 7) is 5.59. The number of carbonyl (C=O) groups excluding carboxylic acids is 1. The molecule has 0 unspecified atom stereocenters. The zero-order valence-corrected chi connectivity index (χ0v) is 14.2. The highest BCUT2D eigenvalue weighted by molar-refractivity contribution is 5.96. The molecule has 23 heavy (non-hydrogen) atoms. The summed E-state index contributed by atoms with van der Waals surface area (Å²) in [5.41, 5.74) is 3.98. The number of aryl methyl sites for hydroxylation is 2. The standard InChI is InChI=1S/C19H25N3O/c1-14-18(15(2)21(3)20-14)19(23)22-11-9-17(10-12-22)13-16-7-5-4-6-8-16/h4-8,17H,9-13H2,1-3H3. The number of hydrogen-bond donors (Lipinski definition) is 0. The van der Waals surface area contributed by atoms with Crippen LogP contribution in [0.5, 0.6) is 0 Å². The maximum Gasteiger partial charge on any atom is 0.257 e. The van der Waals surface area contributed by atoms with Gasteiger partial charge in [0.1, 0.15) is 0 Å². The van der Waals surface area contributed by atoms with Crippen molar-refractivity contribution in [1.29, 1.82) is 0 Å². The topological polar surface area (TPSA) is 38.1 Å². The third-order valence-corrected chi connectivity index (χ3v) is 4.99. The minimum atomic E-state index is 0.145. The van der Waals surface area contributed by atoms with E-state index < -0.39 is 0 Å². The van der Waals surface area contributed by atoms with Gasteiger partial charge in [-0.05, 0) is 44.6 Å². The molecule has 4 heteroatoms. The highest BCUT2D eigenvalue weighted by Crippen LogP contribution is 2.24. The number of rotatable bonds is 3. The van der Waals surface area contributed by atoms with Crippen molar-refractivity contribution in [2.75, 3.05) is 13.1 Å². The Labute approximate surface area is 138 Å². The fourth-order valence-electron chi connectivity index (χ4n) is 3.53. The number of piperidine rings is 1. The van der Waals surface area contributed by atoms with Crippen LogP contribution in [0.2, 0.25) is 0 Å². The molecule has 4 nitrogen and oxygen atoms in total. The Bertz CT molecular complexity index is 682. The van der Waals surface area contributed by atoms with Gasteiger partial charge >= 0.3 is 0 Å². The molecule has 0 atom stereocenters. The van der Waals surface area contributed by atoms with Crippen LogP contribution in [0.25, 0.3) is 0 Å². The molecule has 0 N–H and O–H groups in total. The maximum atomic E-state index is 12.8. The molecule has 0 saturated carbocycles. The predicted molar refractivity (Wildman–Crippen MR) is 91.5 cm³/mol. The lowest BCUT2D eigenvalue weighted by atomic mass is 9.90. The first-order chi connectivity index (χ1) is 11.1. The summed E-state index contributed by atoms with van der Waals surface area (Å²) in [6, 6.07) is 10.6. The van der Waals surface area contributed by atoms with Crippen molar-refractivity contribution in [3.8, 4) is 0 Å². The summed E-state index contributed by atoms with van der Waals surface area (Å²) in [7, 11) is 1.89. The zero-order valence-electron chi connectivity index (χ0n) is 14.2. The minimum Gasteiger partial charge on any atom is -0.339 e. The number of aromatic nitrogens is 2. The Balaban J connectivity index is 1.61. The van der Waals surface area contributed by atoms with Crippen LogP contribution in [-0.4, -0.2) is 33.7 Å². The quantitative estimate of drug-likeness (QED) is 0.873. The van der Waals surface area contributed by atoms with Gasteiger partial charge in [-0.3, -0.25) is 9.48 Å². The number of carbonyl (C=O) groups is 1. The smallest absolute Gasteiger partial charge is 0.257 e. The van der Waals surface area contributed by atoms with Crippen molar-refractivity contribution in [2.45, 2.75) is 33.1 Å². The highest BCUT2D eigenvalue weighted by atomic mass is 16.2. The molecule has 2 aromatic rings. The van der Waals surface area contributed by atoms with Crippen LogP contribution in [0.1, 0.15) is 40.2 Å². The summed E-state index contributed by atoms with van der Waals surface area (Å²) in [5, 5.41) is 4.37. The van der Waals surface area contributed by atoms with E-state index >= 15 is 0 Å². The molecule has 3 rings (SSSR count). The second-order valence-electron chi connectivity index (χ2n) is 6.59. The number of amides is 1. The number of likely N-dealkylation sites (tertiary alicyclic amines) is 1. The van der Waals surface area contributed by atoms with Crippen molar-refractivity contribution in [1.82, 2.24) is 14.7 Å². The third-order valence-electron chi connectivity index (χ3n) is 4.99. The average molecular weight is 311 g/mol. The largest absolute Gasteiger partial charge is 0.339 e. The predicted octanol–water partition coefficient (Wildman–Crippen LogP) is 3.13. The first kappa shape index (κ1) is 15.8. The van der Waals surface area contributed by atoms with E-state index in [-0.39, 0.29) is 5.91 Å². The molecule has 1 aliphatic rings. The van der Waals surface area contributed by atoms with Gasteiger partial charge in [0.2, 0.25) is 0 Å². The molecule has 1 saturated heterocycles. The average Bonchev–Trinajstić information content (AvgIpc) is 2.81. The van der Waals surface area contributed by atoms with Gasteiger partial charge in [-0.2, -0.15) is 5.10 Å². The van der Waals surface area contributed by atoms with E-state index in [2.05, 4.69) is 35.4 Å². The number of benzene rings is 1. The van der Waals surface area contributed by atoms with Gasteiger partial charge in [0.25, 0.3) is 5.91 Å². The van der Waals surface area contributed by atoms with Crippen LogP contribution in [0.3, 0.4) is 0 Å². The van der Waals surface area contributed by atoms with Gasteiger partial charge in [-0.25, -0.2) is 0 Å². The molecule has 1 aromatic heterocycles. The number of hydrogen-bond acceptors (Lipinski definition) is 2. The van der Waals surface area contributed by atoms with Gasteiger partial charge in [0.05, 0.1) is 11.3 Å². The molecule has 1 aromatic carbocycles. The van der Waals surface area contributed by atoms with Crippen LogP contribution in [0.15, 0.2) is 30.3 Å². The summed E-state index contributed by atoms with van der Waals surface area (Å²) in [5.74, 6) is 0.823. The lowest BCUT2D eigenvalue weighted by Crippen LogP contribution is -2.39. The molecular formula is C19H25N3O. The van der Waals surface area contributed by atoms with Crippen molar-refractivity contribution in [2.24, 2.45) is 13.0 Å². The lowest BCUT2D eigenvalue weighted by molar-refractivity contribution is 0.0689. The molecule has 1 fully saturated rings. The monoisotopic (exact) mass is 311 g/mol. The van der Waals surface area contributed by atoms with E-state index in [1.54, 1.807) is 4.68 Å². The van der Waals surface area contributed by atoms with Crippen LogP contribution in [0, 0.1) is 19.8 Å². The molecule has 0 aliphatic carbocycles. The maximum absolute atomic E-state index is 12.8. The van der Waals surface area contributed by atoms with Crippen molar-refractivity contribution in [3.63, 3.8) is 0 Å². The number of nitrogens with zero attached hydrogens (tertiary/aromatic N) is 3. The first-order valence-corrected chi connectivity index (χ1v) is 8.39. The van der Waals surface area contributed by atoms with Crippen molar-refractivity contribution < 1.29 is 4.79 Å². The lowest BCUT2D eigenvalue weighted by Gasteiger charge is -2.32. The van der Waals surface area contributed by atoms with E-state index in [1.165, 1.54) is 5.56 Å². The first-order valence-electron chi connectivity index (χ1n) is 8.39. The van der Waals surface area contributed by atoms with E-state index in [1.807, 2.05) is 25.8 Å². The van der Waals surface area contributed by atoms with Crippen molar-refractivity contribution >= 4 is 5.91 Å². The molecule has 1 aliphatic heterocycles.